The minimum atomic E-state index is -0.722. The van der Waals surface area contributed by atoms with Crippen molar-refractivity contribution in [3.05, 3.63) is 28.3 Å². The first-order chi connectivity index (χ1) is 7.62. The van der Waals surface area contributed by atoms with Gasteiger partial charge in [-0.3, -0.25) is 0 Å². The van der Waals surface area contributed by atoms with E-state index in [0.29, 0.717) is 5.75 Å². The number of hydrogen-bond acceptors (Lipinski definition) is 2. The molecule has 0 heterocycles. The van der Waals surface area contributed by atoms with Crippen LogP contribution in [0.3, 0.4) is 0 Å². The van der Waals surface area contributed by atoms with E-state index in [4.69, 9.17) is 0 Å². The highest BCUT2D eigenvalue weighted by Gasteiger charge is 2.45. The number of aliphatic hydroxyl groups is 1. The van der Waals surface area contributed by atoms with E-state index in [2.05, 4.69) is 6.92 Å². The maximum Gasteiger partial charge on any atom is 0.122 e. The summed E-state index contributed by atoms with van der Waals surface area (Å²) in [5, 5.41) is 20.3. The third-order valence-corrected chi connectivity index (χ3v) is 4.09. The van der Waals surface area contributed by atoms with E-state index >= 15 is 0 Å². The third-order valence-electron chi connectivity index (χ3n) is 4.09. The monoisotopic (exact) mass is 218 g/mol. The highest BCUT2D eigenvalue weighted by Crippen LogP contribution is 2.51. The Hall–Kier alpha value is -1.02. The Bertz CT molecular complexity index is 445. The number of fused-ring (bicyclic) bond motifs is 1. The van der Waals surface area contributed by atoms with Gasteiger partial charge in [-0.15, -0.1) is 0 Å². The Morgan fingerprint density at radius 1 is 1.19 bits per heavy atom. The van der Waals surface area contributed by atoms with Gasteiger partial charge < -0.3 is 10.2 Å². The molecule has 0 unspecified atom stereocenters. The van der Waals surface area contributed by atoms with Gasteiger partial charge in [-0.05, 0) is 68.2 Å². The van der Waals surface area contributed by atoms with E-state index in [0.717, 1.165) is 36.8 Å². The van der Waals surface area contributed by atoms with Crippen LogP contribution in [0.25, 0.3) is 0 Å². The summed E-state index contributed by atoms with van der Waals surface area (Å²) in [6.07, 6.45) is 6.21. The molecule has 0 aliphatic heterocycles. The summed E-state index contributed by atoms with van der Waals surface area (Å²) in [6.45, 7) is 2.05. The van der Waals surface area contributed by atoms with Crippen LogP contribution in [0, 0.1) is 6.92 Å². The average Bonchev–Trinajstić information content (AvgIpc) is 2.97. The second kappa shape index (κ2) is 3.24. The van der Waals surface area contributed by atoms with Crippen molar-refractivity contribution in [1.29, 1.82) is 0 Å². The van der Waals surface area contributed by atoms with E-state index < -0.39 is 5.60 Å². The standard InChI is InChI=1S/C14H18O2/c1-9-11-5-3-2-4-10(11)8-12(15)13(9)14(16)6-7-14/h8,15-16H,2-7H2,1H3. The number of phenolic OH excluding ortho intramolecular Hbond substituents is 1. The molecule has 16 heavy (non-hydrogen) atoms. The molecule has 1 aromatic rings. The van der Waals surface area contributed by atoms with Crippen LogP contribution in [0.5, 0.6) is 5.75 Å². The van der Waals surface area contributed by atoms with E-state index in [-0.39, 0.29) is 0 Å². The molecular formula is C14H18O2. The summed E-state index contributed by atoms with van der Waals surface area (Å²) < 4.78 is 0. The van der Waals surface area contributed by atoms with Crippen molar-refractivity contribution >= 4 is 0 Å². The molecule has 0 radical (unpaired) electrons. The van der Waals surface area contributed by atoms with Crippen molar-refractivity contribution in [3.8, 4) is 5.75 Å². The number of benzene rings is 1. The van der Waals surface area contributed by atoms with Crippen molar-refractivity contribution in [2.45, 2.75) is 51.0 Å². The van der Waals surface area contributed by atoms with Crippen LogP contribution in [0.1, 0.15) is 47.9 Å². The van der Waals surface area contributed by atoms with Crippen molar-refractivity contribution in [3.63, 3.8) is 0 Å². The summed E-state index contributed by atoms with van der Waals surface area (Å²) in [4.78, 5) is 0. The molecule has 2 heteroatoms. The number of hydrogen-bond donors (Lipinski definition) is 2. The Labute approximate surface area is 95.9 Å². The van der Waals surface area contributed by atoms with E-state index in [1.54, 1.807) is 0 Å². The maximum absolute atomic E-state index is 10.2. The van der Waals surface area contributed by atoms with Gasteiger partial charge in [-0.25, -0.2) is 0 Å². The highest BCUT2D eigenvalue weighted by molar-refractivity contribution is 5.53. The minimum absolute atomic E-state index is 0.304. The van der Waals surface area contributed by atoms with Crippen LogP contribution in [0.2, 0.25) is 0 Å². The summed E-state index contributed by atoms with van der Waals surface area (Å²) in [5.41, 5.74) is 3.87. The summed E-state index contributed by atoms with van der Waals surface area (Å²) >= 11 is 0. The normalized spacial score (nSPS) is 21.6. The lowest BCUT2D eigenvalue weighted by Gasteiger charge is -2.23. The molecule has 0 saturated heterocycles. The van der Waals surface area contributed by atoms with Gasteiger partial charge in [0.05, 0.1) is 5.60 Å². The Morgan fingerprint density at radius 2 is 1.88 bits per heavy atom. The molecular weight excluding hydrogens is 200 g/mol. The van der Waals surface area contributed by atoms with Gasteiger partial charge in [0.2, 0.25) is 0 Å². The van der Waals surface area contributed by atoms with Gasteiger partial charge in [-0.1, -0.05) is 0 Å². The van der Waals surface area contributed by atoms with Crippen molar-refractivity contribution in [2.24, 2.45) is 0 Å². The molecule has 0 aromatic heterocycles. The van der Waals surface area contributed by atoms with Crippen LogP contribution in [0.4, 0.5) is 0 Å². The van der Waals surface area contributed by atoms with Gasteiger partial charge in [0.25, 0.3) is 0 Å². The maximum atomic E-state index is 10.2. The van der Waals surface area contributed by atoms with E-state index in [1.165, 1.54) is 24.0 Å². The fourth-order valence-corrected chi connectivity index (χ4v) is 3.05. The molecule has 0 bridgehead atoms. The quantitative estimate of drug-likeness (QED) is 0.760. The van der Waals surface area contributed by atoms with Crippen LogP contribution in [-0.2, 0) is 18.4 Å². The second-order valence-electron chi connectivity index (χ2n) is 5.27. The first-order valence-corrected chi connectivity index (χ1v) is 6.19. The van der Waals surface area contributed by atoms with Crippen molar-refractivity contribution in [2.75, 3.05) is 0 Å². The number of phenols is 1. The molecule has 0 spiro atoms. The highest BCUT2D eigenvalue weighted by atomic mass is 16.3. The lowest BCUT2D eigenvalue weighted by atomic mass is 9.84. The molecule has 0 atom stereocenters. The Balaban J connectivity index is 2.18. The number of aromatic hydroxyl groups is 1. The lowest BCUT2D eigenvalue weighted by molar-refractivity contribution is 0.147. The molecule has 1 fully saturated rings. The van der Waals surface area contributed by atoms with Gasteiger partial charge >= 0.3 is 0 Å². The summed E-state index contributed by atoms with van der Waals surface area (Å²) in [5.74, 6) is 0.304. The van der Waals surface area contributed by atoms with Gasteiger partial charge in [0.15, 0.2) is 0 Å². The second-order valence-corrected chi connectivity index (χ2v) is 5.27. The van der Waals surface area contributed by atoms with Crippen LogP contribution in [-0.4, -0.2) is 10.2 Å². The molecule has 2 N–H and O–H groups in total. The molecule has 2 aliphatic rings. The van der Waals surface area contributed by atoms with E-state index in [9.17, 15) is 10.2 Å². The van der Waals surface area contributed by atoms with Crippen molar-refractivity contribution < 1.29 is 10.2 Å². The van der Waals surface area contributed by atoms with E-state index in [1.807, 2.05) is 6.07 Å². The predicted molar refractivity (Wildman–Crippen MR) is 62.6 cm³/mol. The fourth-order valence-electron chi connectivity index (χ4n) is 3.05. The molecule has 86 valence electrons. The van der Waals surface area contributed by atoms with Gasteiger partial charge in [-0.2, -0.15) is 0 Å². The third kappa shape index (κ3) is 1.36. The molecule has 2 aliphatic carbocycles. The SMILES string of the molecule is Cc1c2c(cc(O)c1C1(O)CC1)CCCC2. The minimum Gasteiger partial charge on any atom is -0.508 e. The zero-order chi connectivity index (χ0) is 11.3. The molecule has 2 nitrogen and oxygen atoms in total. The number of rotatable bonds is 1. The smallest absolute Gasteiger partial charge is 0.122 e. The predicted octanol–water partition coefficient (Wildman–Crippen LogP) is 2.56. The number of aryl methyl sites for hydroxylation is 1. The Kier molecular flexibility index (Phi) is 2.05. The first kappa shape index (κ1) is 10.2. The zero-order valence-electron chi connectivity index (χ0n) is 9.71. The molecule has 3 rings (SSSR count). The molecule has 0 amide bonds. The topological polar surface area (TPSA) is 40.5 Å². The Morgan fingerprint density at radius 3 is 2.56 bits per heavy atom. The zero-order valence-corrected chi connectivity index (χ0v) is 9.71. The van der Waals surface area contributed by atoms with Crippen LogP contribution < -0.4 is 0 Å². The molecule has 1 saturated carbocycles. The lowest BCUT2D eigenvalue weighted by Crippen LogP contribution is -2.13. The van der Waals surface area contributed by atoms with Crippen molar-refractivity contribution in [1.82, 2.24) is 0 Å². The largest absolute Gasteiger partial charge is 0.508 e. The average molecular weight is 218 g/mol. The van der Waals surface area contributed by atoms with Crippen LogP contribution >= 0.6 is 0 Å². The van der Waals surface area contributed by atoms with Gasteiger partial charge in [0.1, 0.15) is 5.75 Å². The fraction of sp³-hybridized carbons (Fsp3) is 0.571. The molecule has 1 aromatic carbocycles. The summed E-state index contributed by atoms with van der Waals surface area (Å²) in [7, 11) is 0. The van der Waals surface area contributed by atoms with Crippen LogP contribution in [0.15, 0.2) is 6.07 Å². The first-order valence-electron chi connectivity index (χ1n) is 6.19. The summed E-state index contributed by atoms with van der Waals surface area (Å²) in [6, 6.07) is 1.88. The van der Waals surface area contributed by atoms with Gasteiger partial charge in [0, 0.05) is 5.56 Å².